The third kappa shape index (κ3) is 5.15. The van der Waals surface area contributed by atoms with Gasteiger partial charge in [-0.2, -0.15) is 0 Å². The normalized spacial score (nSPS) is 12.9. The molecule has 0 spiro atoms. The van der Waals surface area contributed by atoms with Gasteiger partial charge in [-0.1, -0.05) is 26.0 Å². The van der Waals surface area contributed by atoms with Gasteiger partial charge in [-0.25, -0.2) is 4.98 Å². The lowest BCUT2D eigenvalue weighted by atomic mass is 10.0. The van der Waals surface area contributed by atoms with Gasteiger partial charge in [0.05, 0.1) is 5.56 Å². The Labute approximate surface area is 193 Å². The molecule has 9 heteroatoms. The second kappa shape index (κ2) is 10.6. The molecule has 0 atom stereocenters. The minimum Gasteiger partial charge on any atom is -0.436 e. The number of hydrogen-bond acceptors (Lipinski definition) is 6. The van der Waals surface area contributed by atoms with Crippen molar-refractivity contribution in [2.75, 3.05) is 18.4 Å². The van der Waals surface area contributed by atoms with Crippen molar-refractivity contribution in [3.8, 4) is 11.5 Å². The van der Waals surface area contributed by atoms with Gasteiger partial charge in [0.15, 0.2) is 5.58 Å². The molecule has 164 valence electrons. The number of anilines is 1. The van der Waals surface area contributed by atoms with Crippen molar-refractivity contribution in [2.24, 2.45) is 0 Å². The standard InChI is InChI=1S/C21H26N4O2S.2ClH/c1-12(2)23-10-8-17(26)24-21-18(14-7-9-22-11-16(14)28-21)20-25-19-13(3)5-4-6-15(19)27-20;;/h4-6,12,22-23H,7-11H2,1-3H3,(H,24,26);2*1H. The highest BCUT2D eigenvalue weighted by Crippen LogP contribution is 2.43. The van der Waals surface area contributed by atoms with Crippen LogP contribution < -0.4 is 16.0 Å². The van der Waals surface area contributed by atoms with Crippen LogP contribution in [0.4, 0.5) is 5.00 Å². The fourth-order valence-electron chi connectivity index (χ4n) is 3.51. The number of carbonyl (C=O) groups excluding carboxylic acids is 1. The molecule has 30 heavy (non-hydrogen) atoms. The predicted molar refractivity (Wildman–Crippen MR) is 128 cm³/mol. The lowest BCUT2D eigenvalue weighted by molar-refractivity contribution is -0.116. The summed E-state index contributed by atoms with van der Waals surface area (Å²) in [5, 5.41) is 10.6. The van der Waals surface area contributed by atoms with E-state index in [-0.39, 0.29) is 30.7 Å². The summed E-state index contributed by atoms with van der Waals surface area (Å²) in [6.45, 7) is 8.58. The average Bonchev–Trinajstić information content (AvgIpc) is 3.22. The number of aromatic nitrogens is 1. The van der Waals surface area contributed by atoms with Crippen LogP contribution in [0.25, 0.3) is 22.6 Å². The molecule has 3 N–H and O–H groups in total. The zero-order valence-electron chi connectivity index (χ0n) is 17.3. The van der Waals surface area contributed by atoms with Gasteiger partial charge in [-0.15, -0.1) is 36.2 Å². The Morgan fingerprint density at radius 1 is 1.33 bits per heavy atom. The SMILES string of the molecule is Cc1cccc2oc(-c3c(NC(=O)CCNC(C)C)sc4c3CCNC4)nc12.Cl.Cl. The van der Waals surface area contributed by atoms with Gasteiger partial charge in [0.2, 0.25) is 11.8 Å². The fraction of sp³-hybridized carbons (Fsp3) is 0.429. The molecular weight excluding hydrogens is 443 g/mol. The van der Waals surface area contributed by atoms with E-state index in [0.717, 1.165) is 46.7 Å². The van der Waals surface area contributed by atoms with Gasteiger partial charge in [0, 0.05) is 30.4 Å². The summed E-state index contributed by atoms with van der Waals surface area (Å²) in [4.78, 5) is 18.5. The van der Waals surface area contributed by atoms with E-state index in [1.54, 1.807) is 11.3 Å². The van der Waals surface area contributed by atoms with Crippen LogP contribution in [-0.2, 0) is 17.8 Å². The topological polar surface area (TPSA) is 79.2 Å². The van der Waals surface area contributed by atoms with E-state index >= 15 is 0 Å². The van der Waals surface area contributed by atoms with Crippen molar-refractivity contribution in [2.45, 2.75) is 46.2 Å². The van der Waals surface area contributed by atoms with Crippen LogP contribution in [-0.4, -0.2) is 30.0 Å². The quantitative estimate of drug-likeness (QED) is 0.487. The molecule has 0 aliphatic carbocycles. The largest absolute Gasteiger partial charge is 0.436 e. The van der Waals surface area contributed by atoms with E-state index in [4.69, 9.17) is 9.40 Å². The molecule has 0 saturated carbocycles. The van der Waals surface area contributed by atoms with Gasteiger partial charge in [-0.3, -0.25) is 4.79 Å². The third-order valence-corrected chi connectivity index (χ3v) is 6.07. The van der Waals surface area contributed by atoms with Crippen molar-refractivity contribution in [1.29, 1.82) is 0 Å². The number of carbonyl (C=O) groups is 1. The summed E-state index contributed by atoms with van der Waals surface area (Å²) < 4.78 is 6.11. The molecule has 0 unspecified atom stereocenters. The highest BCUT2D eigenvalue weighted by atomic mass is 35.5. The molecule has 0 radical (unpaired) electrons. The second-order valence-corrected chi connectivity index (χ2v) is 8.59. The van der Waals surface area contributed by atoms with Crippen LogP contribution in [0.2, 0.25) is 0 Å². The molecule has 6 nitrogen and oxygen atoms in total. The van der Waals surface area contributed by atoms with Gasteiger partial charge in [0.25, 0.3) is 0 Å². The zero-order valence-corrected chi connectivity index (χ0v) is 19.8. The Bertz CT molecular complexity index is 1020. The van der Waals surface area contributed by atoms with E-state index in [0.29, 0.717) is 24.9 Å². The van der Waals surface area contributed by atoms with Crippen LogP contribution in [0, 0.1) is 6.92 Å². The summed E-state index contributed by atoms with van der Waals surface area (Å²) in [7, 11) is 0. The molecule has 2 aromatic heterocycles. The number of para-hydroxylation sites is 1. The van der Waals surface area contributed by atoms with Crippen LogP contribution in [0.5, 0.6) is 0 Å². The van der Waals surface area contributed by atoms with Crippen LogP contribution in [0.3, 0.4) is 0 Å². The molecule has 4 rings (SSSR count). The van der Waals surface area contributed by atoms with E-state index in [1.165, 1.54) is 10.4 Å². The summed E-state index contributed by atoms with van der Waals surface area (Å²) in [6, 6.07) is 6.32. The van der Waals surface area contributed by atoms with Gasteiger partial charge >= 0.3 is 0 Å². The molecule has 0 bridgehead atoms. The van der Waals surface area contributed by atoms with Crippen molar-refractivity contribution >= 4 is 58.2 Å². The summed E-state index contributed by atoms with van der Waals surface area (Å²) in [5.74, 6) is 0.604. The number of amides is 1. The highest BCUT2D eigenvalue weighted by molar-refractivity contribution is 7.17. The number of oxazole rings is 1. The minimum absolute atomic E-state index is 0. The van der Waals surface area contributed by atoms with Crippen LogP contribution >= 0.6 is 36.2 Å². The van der Waals surface area contributed by atoms with Gasteiger partial charge in [0.1, 0.15) is 10.5 Å². The molecular formula is C21H28Cl2N4O2S. The Morgan fingerprint density at radius 3 is 2.87 bits per heavy atom. The second-order valence-electron chi connectivity index (χ2n) is 7.48. The Morgan fingerprint density at radius 2 is 2.13 bits per heavy atom. The van der Waals surface area contributed by atoms with E-state index in [9.17, 15) is 4.79 Å². The number of thiophene rings is 1. The Balaban J connectivity index is 0.00000160. The third-order valence-electron chi connectivity index (χ3n) is 4.92. The highest BCUT2D eigenvalue weighted by Gasteiger charge is 2.26. The number of aryl methyl sites for hydroxylation is 1. The fourth-order valence-corrected chi connectivity index (χ4v) is 4.73. The number of halogens is 2. The lowest BCUT2D eigenvalue weighted by Gasteiger charge is -2.13. The Hall–Kier alpha value is -1.64. The molecule has 1 aromatic carbocycles. The first-order chi connectivity index (χ1) is 13.5. The summed E-state index contributed by atoms with van der Waals surface area (Å²) in [5.41, 5.74) is 4.93. The van der Waals surface area contributed by atoms with Crippen molar-refractivity contribution in [3.05, 3.63) is 34.2 Å². The number of benzene rings is 1. The summed E-state index contributed by atoms with van der Waals surface area (Å²) >= 11 is 1.62. The molecule has 3 aromatic rings. The molecule has 1 amide bonds. The predicted octanol–water partition coefficient (Wildman–Crippen LogP) is 4.68. The van der Waals surface area contributed by atoms with Crippen molar-refractivity contribution < 1.29 is 9.21 Å². The number of nitrogens with zero attached hydrogens (tertiary/aromatic N) is 1. The molecule has 1 aliphatic rings. The number of nitrogens with one attached hydrogen (secondary N) is 3. The zero-order chi connectivity index (χ0) is 19.7. The lowest BCUT2D eigenvalue weighted by Crippen LogP contribution is -2.27. The number of hydrogen-bond donors (Lipinski definition) is 3. The maximum Gasteiger partial charge on any atom is 0.230 e. The first-order valence-electron chi connectivity index (χ1n) is 9.78. The average molecular weight is 471 g/mol. The first-order valence-corrected chi connectivity index (χ1v) is 10.6. The smallest absolute Gasteiger partial charge is 0.230 e. The van der Waals surface area contributed by atoms with Crippen LogP contribution in [0.15, 0.2) is 22.6 Å². The molecule has 0 saturated heterocycles. The molecule has 0 fully saturated rings. The monoisotopic (exact) mass is 470 g/mol. The first kappa shape index (κ1) is 24.6. The van der Waals surface area contributed by atoms with Gasteiger partial charge < -0.3 is 20.4 Å². The van der Waals surface area contributed by atoms with E-state index in [2.05, 4.69) is 29.8 Å². The number of rotatable bonds is 6. The molecule has 3 heterocycles. The van der Waals surface area contributed by atoms with Crippen molar-refractivity contribution in [3.63, 3.8) is 0 Å². The van der Waals surface area contributed by atoms with Crippen LogP contribution in [0.1, 0.15) is 36.3 Å². The van der Waals surface area contributed by atoms with Crippen molar-refractivity contribution in [1.82, 2.24) is 15.6 Å². The molecule has 1 aliphatic heterocycles. The van der Waals surface area contributed by atoms with Gasteiger partial charge in [-0.05, 0) is 37.1 Å². The summed E-state index contributed by atoms with van der Waals surface area (Å²) in [6.07, 6.45) is 1.34. The van der Waals surface area contributed by atoms with E-state index in [1.807, 2.05) is 25.1 Å². The van der Waals surface area contributed by atoms with E-state index < -0.39 is 0 Å². The minimum atomic E-state index is 0. The Kier molecular flexibility index (Phi) is 8.70. The maximum absolute atomic E-state index is 12.5. The number of fused-ring (bicyclic) bond motifs is 2. The maximum atomic E-state index is 12.5.